The van der Waals surface area contributed by atoms with Gasteiger partial charge in [-0.05, 0) is 36.1 Å². The molecule has 0 amide bonds. The average Bonchev–Trinajstić information content (AvgIpc) is 2.70. The zero-order valence-corrected chi connectivity index (χ0v) is 18.4. The number of halogens is 1. The Morgan fingerprint density at radius 1 is 1.07 bits per heavy atom. The van der Waals surface area contributed by atoms with Crippen LogP contribution in [0.3, 0.4) is 0 Å². The van der Waals surface area contributed by atoms with E-state index in [0.717, 1.165) is 24.6 Å². The van der Waals surface area contributed by atoms with E-state index in [-0.39, 0.29) is 29.9 Å². The van der Waals surface area contributed by atoms with Crippen LogP contribution in [-0.4, -0.2) is 32.1 Å². The predicted octanol–water partition coefficient (Wildman–Crippen LogP) is 3.95. The summed E-state index contributed by atoms with van der Waals surface area (Å²) in [7, 11) is 1.38. The van der Waals surface area contributed by atoms with E-state index in [2.05, 4.69) is 46.8 Å². The van der Waals surface area contributed by atoms with E-state index in [4.69, 9.17) is 4.74 Å². The number of aliphatic imine (C=N–C) groups is 1. The molecule has 1 unspecified atom stereocenters. The highest BCUT2D eigenvalue weighted by atomic mass is 127. The monoisotopic (exact) mass is 481 g/mol. The molecule has 0 saturated heterocycles. The molecule has 146 valence electrons. The van der Waals surface area contributed by atoms with Gasteiger partial charge in [-0.25, -0.2) is 9.79 Å². The van der Waals surface area contributed by atoms with E-state index in [9.17, 15) is 4.79 Å². The van der Waals surface area contributed by atoms with Crippen LogP contribution in [0.5, 0.6) is 0 Å². The smallest absolute Gasteiger partial charge is 0.337 e. The van der Waals surface area contributed by atoms with Crippen molar-refractivity contribution in [2.75, 3.05) is 20.2 Å². The van der Waals surface area contributed by atoms with Crippen molar-refractivity contribution in [1.82, 2.24) is 10.6 Å². The summed E-state index contributed by atoms with van der Waals surface area (Å²) in [4.78, 5) is 16.1. The maximum absolute atomic E-state index is 11.5. The molecule has 0 saturated carbocycles. The fraction of sp³-hybridized carbons (Fsp3) is 0.333. The van der Waals surface area contributed by atoms with E-state index >= 15 is 0 Å². The minimum Gasteiger partial charge on any atom is -0.465 e. The summed E-state index contributed by atoms with van der Waals surface area (Å²) < 4.78 is 4.71. The van der Waals surface area contributed by atoms with E-state index in [1.54, 1.807) is 12.1 Å². The Balaban J connectivity index is 0.00000364. The Hall–Kier alpha value is -2.09. The van der Waals surface area contributed by atoms with Gasteiger partial charge in [0.15, 0.2) is 5.96 Å². The zero-order valence-electron chi connectivity index (χ0n) is 16.1. The molecule has 2 aromatic carbocycles. The zero-order chi connectivity index (χ0) is 18.8. The Morgan fingerprint density at radius 2 is 1.74 bits per heavy atom. The molecule has 0 radical (unpaired) electrons. The molecule has 0 bridgehead atoms. The van der Waals surface area contributed by atoms with Gasteiger partial charge in [-0.3, -0.25) is 0 Å². The predicted molar refractivity (Wildman–Crippen MR) is 121 cm³/mol. The van der Waals surface area contributed by atoms with Crippen LogP contribution in [0.4, 0.5) is 0 Å². The number of methoxy groups -OCH3 is 1. The Labute approximate surface area is 178 Å². The highest BCUT2D eigenvalue weighted by Crippen LogP contribution is 2.13. The quantitative estimate of drug-likeness (QED) is 0.272. The summed E-state index contributed by atoms with van der Waals surface area (Å²) in [5.74, 6) is 0.844. The van der Waals surface area contributed by atoms with Gasteiger partial charge in [-0.15, -0.1) is 24.0 Å². The first kappa shape index (κ1) is 23.0. The number of hydrogen-bond donors (Lipinski definition) is 2. The van der Waals surface area contributed by atoms with Crippen LogP contribution in [-0.2, 0) is 11.3 Å². The number of rotatable bonds is 7. The highest BCUT2D eigenvalue weighted by Gasteiger charge is 2.07. The first-order chi connectivity index (χ1) is 12.6. The Kier molecular flexibility index (Phi) is 10.5. The molecule has 27 heavy (non-hydrogen) atoms. The summed E-state index contributed by atoms with van der Waals surface area (Å²) in [6, 6.07) is 17.7. The standard InChI is InChI=1S/C21H27N3O2.HI/c1-4-22-21(23-14-16(2)18-8-6-5-7-9-18)24-15-17-10-12-19(13-11-17)20(25)26-3;/h5-13,16H,4,14-15H2,1-3H3,(H2,22,23,24);1H. The van der Waals surface area contributed by atoms with Gasteiger partial charge in [0.05, 0.1) is 19.2 Å². The molecule has 0 aliphatic carbocycles. The van der Waals surface area contributed by atoms with Crippen LogP contribution in [0.15, 0.2) is 59.6 Å². The Morgan fingerprint density at radius 3 is 2.33 bits per heavy atom. The molecule has 1 atom stereocenters. The lowest BCUT2D eigenvalue weighted by Gasteiger charge is -2.16. The van der Waals surface area contributed by atoms with Crippen molar-refractivity contribution in [2.24, 2.45) is 4.99 Å². The van der Waals surface area contributed by atoms with Crippen molar-refractivity contribution in [3.8, 4) is 0 Å². The third-order valence-corrected chi connectivity index (χ3v) is 4.08. The van der Waals surface area contributed by atoms with Crippen molar-refractivity contribution >= 4 is 35.9 Å². The maximum atomic E-state index is 11.5. The number of nitrogens with one attached hydrogen (secondary N) is 2. The average molecular weight is 481 g/mol. The Bertz CT molecular complexity index is 718. The third-order valence-electron chi connectivity index (χ3n) is 4.08. The number of benzene rings is 2. The topological polar surface area (TPSA) is 62.7 Å². The molecule has 0 aliphatic heterocycles. The second kappa shape index (κ2) is 12.3. The number of ether oxygens (including phenoxy) is 1. The fourth-order valence-corrected chi connectivity index (χ4v) is 2.53. The lowest BCUT2D eigenvalue weighted by Crippen LogP contribution is -2.39. The lowest BCUT2D eigenvalue weighted by atomic mass is 10.0. The van der Waals surface area contributed by atoms with Gasteiger partial charge in [0, 0.05) is 13.1 Å². The molecule has 2 rings (SSSR count). The number of nitrogens with zero attached hydrogens (tertiary/aromatic N) is 1. The van der Waals surface area contributed by atoms with Crippen LogP contribution in [0.25, 0.3) is 0 Å². The van der Waals surface area contributed by atoms with Gasteiger partial charge in [-0.2, -0.15) is 0 Å². The number of esters is 1. The second-order valence-corrected chi connectivity index (χ2v) is 6.08. The highest BCUT2D eigenvalue weighted by molar-refractivity contribution is 14.0. The molecule has 2 N–H and O–H groups in total. The molecule has 0 fully saturated rings. The van der Waals surface area contributed by atoms with Crippen LogP contribution in [0.2, 0.25) is 0 Å². The summed E-state index contributed by atoms with van der Waals surface area (Å²) >= 11 is 0. The summed E-state index contributed by atoms with van der Waals surface area (Å²) in [6.07, 6.45) is 0. The number of carbonyl (C=O) groups excluding carboxylic acids is 1. The lowest BCUT2D eigenvalue weighted by molar-refractivity contribution is 0.0600. The maximum Gasteiger partial charge on any atom is 0.337 e. The van der Waals surface area contributed by atoms with Crippen LogP contribution >= 0.6 is 24.0 Å². The molecule has 6 heteroatoms. The van der Waals surface area contributed by atoms with E-state index < -0.39 is 0 Å². The number of hydrogen-bond acceptors (Lipinski definition) is 3. The second-order valence-electron chi connectivity index (χ2n) is 6.08. The minimum absolute atomic E-state index is 0. The van der Waals surface area contributed by atoms with Crippen molar-refractivity contribution in [1.29, 1.82) is 0 Å². The summed E-state index contributed by atoms with van der Waals surface area (Å²) in [5.41, 5.74) is 2.88. The van der Waals surface area contributed by atoms with Crippen LogP contribution in [0.1, 0.15) is 41.3 Å². The molecule has 0 aliphatic rings. The summed E-state index contributed by atoms with van der Waals surface area (Å²) in [6.45, 7) is 6.38. The van der Waals surface area contributed by atoms with Crippen molar-refractivity contribution in [2.45, 2.75) is 26.3 Å². The first-order valence-electron chi connectivity index (χ1n) is 8.88. The van der Waals surface area contributed by atoms with E-state index in [0.29, 0.717) is 18.0 Å². The molecular formula is C21H28IN3O2. The molecule has 0 heterocycles. The van der Waals surface area contributed by atoms with Crippen molar-refractivity contribution in [3.05, 3.63) is 71.3 Å². The van der Waals surface area contributed by atoms with Gasteiger partial charge < -0.3 is 15.4 Å². The SMILES string of the molecule is CCNC(=NCc1ccc(C(=O)OC)cc1)NCC(C)c1ccccc1.I. The molecule has 0 spiro atoms. The van der Waals surface area contributed by atoms with Gasteiger partial charge >= 0.3 is 5.97 Å². The normalized spacial score (nSPS) is 11.9. The van der Waals surface area contributed by atoms with Gasteiger partial charge in [0.1, 0.15) is 0 Å². The molecule has 0 aromatic heterocycles. The molecule has 5 nitrogen and oxygen atoms in total. The van der Waals surface area contributed by atoms with Crippen LogP contribution in [0, 0.1) is 0 Å². The summed E-state index contributed by atoms with van der Waals surface area (Å²) in [5, 5.41) is 6.66. The van der Waals surface area contributed by atoms with E-state index in [1.165, 1.54) is 12.7 Å². The van der Waals surface area contributed by atoms with Gasteiger partial charge in [0.25, 0.3) is 0 Å². The molecule has 2 aromatic rings. The first-order valence-corrected chi connectivity index (χ1v) is 8.88. The van der Waals surface area contributed by atoms with Crippen molar-refractivity contribution < 1.29 is 9.53 Å². The number of carbonyl (C=O) groups is 1. The van der Waals surface area contributed by atoms with E-state index in [1.807, 2.05) is 25.1 Å². The van der Waals surface area contributed by atoms with Gasteiger partial charge in [-0.1, -0.05) is 49.4 Å². The van der Waals surface area contributed by atoms with Gasteiger partial charge in [0.2, 0.25) is 0 Å². The largest absolute Gasteiger partial charge is 0.465 e. The number of guanidine groups is 1. The minimum atomic E-state index is -0.329. The van der Waals surface area contributed by atoms with Crippen LogP contribution < -0.4 is 10.6 Å². The fourth-order valence-electron chi connectivity index (χ4n) is 2.53. The third kappa shape index (κ3) is 7.58. The molecular weight excluding hydrogens is 453 g/mol. The van der Waals surface area contributed by atoms with Crippen molar-refractivity contribution in [3.63, 3.8) is 0 Å².